The second-order valence-electron chi connectivity index (χ2n) is 5.94. The topological polar surface area (TPSA) is 46.3 Å². The zero-order valence-electron chi connectivity index (χ0n) is 12.8. The fourth-order valence-electron chi connectivity index (χ4n) is 2.91. The van der Waals surface area contributed by atoms with Gasteiger partial charge in [-0.25, -0.2) is 0 Å². The van der Waals surface area contributed by atoms with Crippen molar-refractivity contribution < 1.29 is 4.79 Å². The predicted octanol–water partition coefficient (Wildman–Crippen LogP) is 3.02. The van der Waals surface area contributed by atoms with Gasteiger partial charge in [-0.2, -0.15) is 0 Å². The molecule has 1 amide bonds. The number of nitrogens with zero attached hydrogens (tertiary/aromatic N) is 1. The van der Waals surface area contributed by atoms with Crippen molar-refractivity contribution >= 4 is 18.3 Å². The molecule has 21 heavy (non-hydrogen) atoms. The molecule has 2 N–H and O–H groups in total. The van der Waals surface area contributed by atoms with Gasteiger partial charge in [0.1, 0.15) is 0 Å². The van der Waals surface area contributed by atoms with E-state index in [-0.39, 0.29) is 18.4 Å². The minimum Gasteiger partial charge on any atom is -0.342 e. The lowest BCUT2D eigenvalue weighted by atomic mass is 9.92. The molecule has 0 saturated carbocycles. The van der Waals surface area contributed by atoms with Crippen LogP contribution in [0.3, 0.4) is 0 Å². The molecule has 2 unspecified atom stereocenters. The predicted molar refractivity (Wildman–Crippen MR) is 89.6 cm³/mol. The smallest absolute Gasteiger partial charge is 0.222 e. The number of carbonyl (C=O) groups excluding carboxylic acids is 1. The van der Waals surface area contributed by atoms with Crippen molar-refractivity contribution in [3.8, 4) is 0 Å². The summed E-state index contributed by atoms with van der Waals surface area (Å²) in [7, 11) is 0. The van der Waals surface area contributed by atoms with E-state index < -0.39 is 0 Å². The first-order valence-corrected chi connectivity index (χ1v) is 7.74. The normalized spacial score (nSPS) is 19.7. The summed E-state index contributed by atoms with van der Waals surface area (Å²) in [6.07, 6.45) is 4.82. The summed E-state index contributed by atoms with van der Waals surface area (Å²) >= 11 is 0. The Morgan fingerprint density at radius 3 is 2.76 bits per heavy atom. The number of amides is 1. The number of piperidine rings is 1. The van der Waals surface area contributed by atoms with E-state index in [1.54, 1.807) is 0 Å². The molecule has 0 aliphatic carbocycles. The van der Waals surface area contributed by atoms with Crippen molar-refractivity contribution in [2.75, 3.05) is 13.1 Å². The lowest BCUT2D eigenvalue weighted by molar-refractivity contribution is -0.133. The number of aryl methyl sites for hydroxylation is 1. The maximum absolute atomic E-state index is 12.2. The summed E-state index contributed by atoms with van der Waals surface area (Å²) in [4.78, 5) is 14.3. The van der Waals surface area contributed by atoms with Gasteiger partial charge >= 0.3 is 0 Å². The summed E-state index contributed by atoms with van der Waals surface area (Å²) in [6.45, 7) is 3.81. The largest absolute Gasteiger partial charge is 0.342 e. The number of benzene rings is 1. The van der Waals surface area contributed by atoms with Gasteiger partial charge in [0, 0.05) is 25.6 Å². The van der Waals surface area contributed by atoms with E-state index in [1.165, 1.54) is 5.56 Å². The van der Waals surface area contributed by atoms with Crippen LogP contribution in [-0.4, -0.2) is 29.9 Å². The third kappa shape index (κ3) is 5.68. The summed E-state index contributed by atoms with van der Waals surface area (Å²) in [6, 6.07) is 10.6. The van der Waals surface area contributed by atoms with Crippen molar-refractivity contribution in [1.29, 1.82) is 0 Å². The van der Waals surface area contributed by atoms with Crippen LogP contribution in [-0.2, 0) is 11.2 Å². The van der Waals surface area contributed by atoms with Gasteiger partial charge in [-0.15, -0.1) is 12.4 Å². The zero-order valence-corrected chi connectivity index (χ0v) is 13.6. The van der Waals surface area contributed by atoms with E-state index in [2.05, 4.69) is 24.3 Å². The molecule has 0 aromatic heterocycles. The molecule has 0 spiro atoms. The summed E-state index contributed by atoms with van der Waals surface area (Å²) in [5.74, 6) is 0.771. The summed E-state index contributed by atoms with van der Waals surface area (Å²) in [5, 5.41) is 0. The molecule has 0 bridgehead atoms. The lowest BCUT2D eigenvalue weighted by Crippen LogP contribution is -2.45. The highest BCUT2D eigenvalue weighted by Crippen LogP contribution is 2.19. The molecule has 1 saturated heterocycles. The molecule has 3 nitrogen and oxygen atoms in total. The van der Waals surface area contributed by atoms with Gasteiger partial charge < -0.3 is 10.6 Å². The Balaban J connectivity index is 0.00000220. The fraction of sp³-hybridized carbons (Fsp3) is 0.588. The maximum atomic E-state index is 12.2. The van der Waals surface area contributed by atoms with Crippen LogP contribution in [0.25, 0.3) is 0 Å². The number of nitrogens with two attached hydrogens (primary N) is 1. The Hall–Kier alpha value is -1.06. The van der Waals surface area contributed by atoms with E-state index in [1.807, 2.05) is 17.9 Å². The molecule has 0 radical (unpaired) electrons. The van der Waals surface area contributed by atoms with Gasteiger partial charge in [0.25, 0.3) is 0 Å². The van der Waals surface area contributed by atoms with Gasteiger partial charge in [0.05, 0.1) is 0 Å². The number of rotatable bonds is 5. The van der Waals surface area contributed by atoms with Gasteiger partial charge in [-0.1, -0.05) is 30.3 Å². The van der Waals surface area contributed by atoms with Gasteiger partial charge in [0.15, 0.2) is 0 Å². The Morgan fingerprint density at radius 1 is 1.38 bits per heavy atom. The monoisotopic (exact) mass is 310 g/mol. The lowest BCUT2D eigenvalue weighted by Gasteiger charge is -2.34. The molecule has 4 heteroatoms. The minimum absolute atomic E-state index is 0. The maximum Gasteiger partial charge on any atom is 0.222 e. The Morgan fingerprint density at radius 2 is 2.10 bits per heavy atom. The van der Waals surface area contributed by atoms with Crippen LogP contribution < -0.4 is 5.73 Å². The van der Waals surface area contributed by atoms with Crippen molar-refractivity contribution in [2.45, 2.75) is 45.1 Å². The molecule has 1 aliphatic rings. The van der Waals surface area contributed by atoms with Crippen LogP contribution in [0.15, 0.2) is 30.3 Å². The highest BCUT2D eigenvalue weighted by Gasteiger charge is 2.25. The van der Waals surface area contributed by atoms with Crippen molar-refractivity contribution in [1.82, 2.24) is 4.90 Å². The zero-order chi connectivity index (χ0) is 14.4. The number of likely N-dealkylation sites (tertiary alicyclic amines) is 1. The third-order valence-electron chi connectivity index (χ3n) is 4.25. The molecular formula is C17H27ClN2O. The Kier molecular flexibility index (Phi) is 7.76. The van der Waals surface area contributed by atoms with Gasteiger partial charge in [-0.05, 0) is 44.1 Å². The summed E-state index contributed by atoms with van der Waals surface area (Å²) in [5.41, 5.74) is 7.28. The highest BCUT2D eigenvalue weighted by molar-refractivity contribution is 5.85. The number of halogens is 1. The number of hydrogen-bond acceptors (Lipinski definition) is 2. The van der Waals surface area contributed by atoms with Crippen LogP contribution in [0, 0.1) is 5.92 Å². The average Bonchev–Trinajstić information content (AvgIpc) is 2.48. The molecule has 1 heterocycles. The first-order chi connectivity index (χ1) is 9.66. The van der Waals surface area contributed by atoms with Crippen LogP contribution in [0.4, 0.5) is 0 Å². The van der Waals surface area contributed by atoms with E-state index in [0.717, 1.165) is 38.8 Å². The molecule has 1 aliphatic heterocycles. The third-order valence-corrected chi connectivity index (χ3v) is 4.25. The molecule has 118 valence electrons. The van der Waals surface area contributed by atoms with Crippen molar-refractivity contribution in [3.05, 3.63) is 35.9 Å². The van der Waals surface area contributed by atoms with E-state index >= 15 is 0 Å². The number of hydrogen-bond donors (Lipinski definition) is 1. The van der Waals surface area contributed by atoms with E-state index in [9.17, 15) is 4.79 Å². The van der Waals surface area contributed by atoms with Crippen LogP contribution in [0.2, 0.25) is 0 Å². The van der Waals surface area contributed by atoms with Crippen LogP contribution >= 0.6 is 12.4 Å². The van der Waals surface area contributed by atoms with Gasteiger partial charge in [0.2, 0.25) is 5.91 Å². The molecule has 2 rings (SSSR count). The molecule has 1 aromatic carbocycles. The minimum atomic E-state index is 0. The van der Waals surface area contributed by atoms with Crippen molar-refractivity contribution in [2.24, 2.45) is 11.7 Å². The van der Waals surface area contributed by atoms with E-state index in [4.69, 9.17) is 5.73 Å². The second kappa shape index (κ2) is 9.06. The quantitative estimate of drug-likeness (QED) is 0.908. The molecule has 1 aromatic rings. The molecular weight excluding hydrogens is 284 g/mol. The Bertz CT molecular complexity index is 422. The van der Waals surface area contributed by atoms with Crippen LogP contribution in [0.1, 0.15) is 38.2 Å². The SMILES string of the molecule is CC(N)C1CCCN(C(=O)CCCc2ccccc2)C1.Cl. The van der Waals surface area contributed by atoms with Crippen LogP contribution in [0.5, 0.6) is 0 Å². The Labute approximate surface area is 134 Å². The molecule has 1 fully saturated rings. The highest BCUT2D eigenvalue weighted by atomic mass is 35.5. The second-order valence-corrected chi connectivity index (χ2v) is 5.94. The first kappa shape index (κ1) is 18.0. The van der Waals surface area contributed by atoms with Gasteiger partial charge in [-0.3, -0.25) is 4.79 Å². The van der Waals surface area contributed by atoms with Crippen molar-refractivity contribution in [3.63, 3.8) is 0 Å². The van der Waals surface area contributed by atoms with E-state index in [0.29, 0.717) is 18.2 Å². The first-order valence-electron chi connectivity index (χ1n) is 7.74. The standard InChI is InChI=1S/C17H26N2O.ClH/c1-14(18)16-10-6-12-19(13-16)17(20)11-5-9-15-7-3-2-4-8-15;/h2-4,7-8,14,16H,5-6,9-13,18H2,1H3;1H. The molecule has 2 atom stereocenters. The fourth-order valence-corrected chi connectivity index (χ4v) is 2.91. The average molecular weight is 311 g/mol. The number of carbonyl (C=O) groups is 1. The summed E-state index contributed by atoms with van der Waals surface area (Å²) < 4.78 is 0.